The van der Waals surface area contributed by atoms with Crippen LogP contribution in [0.25, 0.3) is 0 Å². The summed E-state index contributed by atoms with van der Waals surface area (Å²) in [5.74, 6) is -2.89. The Balaban J connectivity index is 2.10. The van der Waals surface area contributed by atoms with E-state index in [-0.39, 0.29) is 12.0 Å². The predicted molar refractivity (Wildman–Crippen MR) is 62.1 cm³/mol. The highest BCUT2D eigenvalue weighted by atomic mass is 19.2. The molecule has 0 saturated carbocycles. The minimum Gasteiger partial charge on any atom is -0.481 e. The molecule has 2 unspecified atom stereocenters. The first kappa shape index (κ1) is 13.0. The van der Waals surface area contributed by atoms with Crippen LogP contribution >= 0.6 is 0 Å². The van der Waals surface area contributed by atoms with Crippen molar-refractivity contribution < 1.29 is 18.7 Å². The van der Waals surface area contributed by atoms with Gasteiger partial charge in [0.25, 0.3) is 0 Å². The van der Waals surface area contributed by atoms with Crippen LogP contribution in [0, 0.1) is 17.6 Å². The van der Waals surface area contributed by atoms with E-state index in [1.807, 2.05) is 11.8 Å². The number of benzene rings is 1. The molecule has 1 aromatic rings. The van der Waals surface area contributed by atoms with E-state index in [1.165, 1.54) is 12.1 Å². The Morgan fingerprint density at radius 3 is 2.72 bits per heavy atom. The third kappa shape index (κ3) is 2.51. The number of halogens is 2. The van der Waals surface area contributed by atoms with Gasteiger partial charge in [-0.2, -0.15) is 0 Å². The Bertz CT molecular complexity index is 464. The number of aliphatic carboxylic acids is 1. The Kier molecular flexibility index (Phi) is 3.61. The van der Waals surface area contributed by atoms with Gasteiger partial charge < -0.3 is 5.11 Å². The van der Waals surface area contributed by atoms with Crippen molar-refractivity contribution in [1.29, 1.82) is 0 Å². The van der Waals surface area contributed by atoms with Crippen molar-refractivity contribution in [2.45, 2.75) is 19.4 Å². The summed E-state index contributed by atoms with van der Waals surface area (Å²) < 4.78 is 26.0. The molecule has 1 heterocycles. The second-order valence-electron chi connectivity index (χ2n) is 4.67. The number of carbonyl (C=O) groups is 1. The van der Waals surface area contributed by atoms with Crippen molar-refractivity contribution in [3.8, 4) is 0 Å². The SMILES string of the molecule is CC(c1ccc(F)c(F)c1)N1CCC(C(=O)O)C1. The third-order valence-corrected chi connectivity index (χ3v) is 3.54. The maximum atomic E-state index is 13.1. The van der Waals surface area contributed by atoms with Gasteiger partial charge >= 0.3 is 5.97 Å². The number of hydrogen-bond acceptors (Lipinski definition) is 2. The van der Waals surface area contributed by atoms with E-state index >= 15 is 0 Å². The molecule has 0 aromatic heterocycles. The molecule has 0 radical (unpaired) electrons. The van der Waals surface area contributed by atoms with Crippen LogP contribution in [0.5, 0.6) is 0 Å². The van der Waals surface area contributed by atoms with Gasteiger partial charge in [0.15, 0.2) is 11.6 Å². The van der Waals surface area contributed by atoms with Crippen LogP contribution in [-0.2, 0) is 4.79 Å². The summed E-state index contributed by atoms with van der Waals surface area (Å²) in [6.07, 6.45) is 0.601. The van der Waals surface area contributed by atoms with Crippen molar-refractivity contribution in [2.75, 3.05) is 13.1 Å². The maximum absolute atomic E-state index is 13.1. The fourth-order valence-corrected chi connectivity index (χ4v) is 2.32. The van der Waals surface area contributed by atoms with Crippen LogP contribution in [0.1, 0.15) is 24.9 Å². The summed E-state index contributed by atoms with van der Waals surface area (Å²) in [5, 5.41) is 8.93. The third-order valence-electron chi connectivity index (χ3n) is 3.54. The molecular weight excluding hydrogens is 240 g/mol. The number of nitrogens with zero attached hydrogens (tertiary/aromatic N) is 1. The molecule has 0 amide bonds. The number of hydrogen-bond donors (Lipinski definition) is 1. The first-order valence-corrected chi connectivity index (χ1v) is 5.91. The van der Waals surface area contributed by atoms with E-state index in [0.29, 0.717) is 25.1 Å². The van der Waals surface area contributed by atoms with Gasteiger partial charge in [-0.1, -0.05) is 6.07 Å². The fourth-order valence-electron chi connectivity index (χ4n) is 2.32. The molecule has 98 valence electrons. The average Bonchev–Trinajstić information content (AvgIpc) is 2.81. The fraction of sp³-hybridized carbons (Fsp3) is 0.462. The molecule has 2 rings (SSSR count). The maximum Gasteiger partial charge on any atom is 0.307 e. The number of carboxylic acid groups (broad SMARTS) is 1. The van der Waals surface area contributed by atoms with Crippen LogP contribution in [0.4, 0.5) is 8.78 Å². The smallest absolute Gasteiger partial charge is 0.307 e. The van der Waals surface area contributed by atoms with Crippen molar-refractivity contribution >= 4 is 5.97 Å². The van der Waals surface area contributed by atoms with Gasteiger partial charge in [-0.3, -0.25) is 9.69 Å². The van der Waals surface area contributed by atoms with Gasteiger partial charge in [-0.05, 0) is 37.6 Å². The summed E-state index contributed by atoms with van der Waals surface area (Å²) in [6, 6.07) is 3.71. The topological polar surface area (TPSA) is 40.5 Å². The summed E-state index contributed by atoms with van der Waals surface area (Å²) in [4.78, 5) is 12.8. The lowest BCUT2D eigenvalue weighted by Crippen LogP contribution is -2.26. The normalized spacial score (nSPS) is 22.1. The zero-order valence-electron chi connectivity index (χ0n) is 10.1. The second kappa shape index (κ2) is 5.02. The minimum atomic E-state index is -0.867. The molecule has 3 nitrogen and oxygen atoms in total. The van der Waals surface area contributed by atoms with E-state index < -0.39 is 17.6 Å². The van der Waals surface area contributed by atoms with Crippen molar-refractivity contribution in [3.05, 3.63) is 35.4 Å². The van der Waals surface area contributed by atoms with Gasteiger partial charge in [0, 0.05) is 12.6 Å². The van der Waals surface area contributed by atoms with Crippen LogP contribution in [0.15, 0.2) is 18.2 Å². The highest BCUT2D eigenvalue weighted by Crippen LogP contribution is 2.28. The molecule has 0 bridgehead atoms. The molecule has 0 aliphatic carbocycles. The molecule has 1 N–H and O–H groups in total. The van der Waals surface area contributed by atoms with Crippen LogP contribution in [0.3, 0.4) is 0 Å². The summed E-state index contributed by atoms with van der Waals surface area (Å²) in [7, 11) is 0. The number of rotatable bonds is 3. The summed E-state index contributed by atoms with van der Waals surface area (Å²) >= 11 is 0. The molecule has 18 heavy (non-hydrogen) atoms. The Hall–Kier alpha value is -1.49. The summed E-state index contributed by atoms with van der Waals surface area (Å²) in [6.45, 7) is 2.99. The van der Waals surface area contributed by atoms with E-state index in [4.69, 9.17) is 5.11 Å². The molecule has 2 atom stereocenters. The lowest BCUT2D eigenvalue weighted by molar-refractivity contribution is -0.141. The Labute approximate surface area is 104 Å². The van der Waals surface area contributed by atoms with Gasteiger partial charge in [0.1, 0.15) is 0 Å². The molecule has 5 heteroatoms. The standard InChI is InChI=1S/C13H15F2NO2/c1-8(9-2-3-11(14)12(15)6-9)16-5-4-10(7-16)13(17)18/h2-3,6,8,10H,4-5,7H2,1H3,(H,17,18). The molecule has 0 spiro atoms. The quantitative estimate of drug-likeness (QED) is 0.901. The number of carboxylic acids is 1. The summed E-state index contributed by atoms with van der Waals surface area (Å²) in [5.41, 5.74) is 0.667. The number of likely N-dealkylation sites (tertiary alicyclic amines) is 1. The molecule has 1 aliphatic heterocycles. The van der Waals surface area contributed by atoms with Crippen molar-refractivity contribution in [1.82, 2.24) is 4.90 Å². The van der Waals surface area contributed by atoms with E-state index in [1.54, 1.807) is 0 Å². The molecule has 1 saturated heterocycles. The van der Waals surface area contributed by atoms with E-state index in [2.05, 4.69) is 0 Å². The Morgan fingerprint density at radius 2 is 2.17 bits per heavy atom. The molecule has 1 aliphatic rings. The lowest BCUT2D eigenvalue weighted by Gasteiger charge is -2.24. The van der Waals surface area contributed by atoms with Crippen molar-refractivity contribution in [3.63, 3.8) is 0 Å². The Morgan fingerprint density at radius 1 is 1.44 bits per heavy atom. The largest absolute Gasteiger partial charge is 0.481 e. The lowest BCUT2D eigenvalue weighted by atomic mass is 10.1. The van der Waals surface area contributed by atoms with Gasteiger partial charge in [-0.15, -0.1) is 0 Å². The van der Waals surface area contributed by atoms with E-state index in [9.17, 15) is 13.6 Å². The van der Waals surface area contributed by atoms with Crippen LogP contribution in [-0.4, -0.2) is 29.1 Å². The zero-order valence-corrected chi connectivity index (χ0v) is 10.1. The zero-order chi connectivity index (χ0) is 13.3. The van der Waals surface area contributed by atoms with Crippen molar-refractivity contribution in [2.24, 2.45) is 5.92 Å². The van der Waals surface area contributed by atoms with E-state index in [0.717, 1.165) is 6.07 Å². The highest BCUT2D eigenvalue weighted by molar-refractivity contribution is 5.70. The minimum absolute atomic E-state index is 0.107. The van der Waals surface area contributed by atoms with Gasteiger partial charge in [0.05, 0.1) is 5.92 Å². The average molecular weight is 255 g/mol. The highest BCUT2D eigenvalue weighted by Gasteiger charge is 2.31. The molecule has 1 aromatic carbocycles. The predicted octanol–water partition coefficient (Wildman–Crippen LogP) is 2.43. The second-order valence-corrected chi connectivity index (χ2v) is 4.67. The first-order valence-electron chi connectivity index (χ1n) is 5.91. The molecule has 1 fully saturated rings. The first-order chi connectivity index (χ1) is 8.49. The van der Waals surface area contributed by atoms with Crippen LogP contribution < -0.4 is 0 Å². The molecular formula is C13H15F2NO2. The van der Waals surface area contributed by atoms with Gasteiger partial charge in [-0.25, -0.2) is 8.78 Å². The van der Waals surface area contributed by atoms with Gasteiger partial charge in [0.2, 0.25) is 0 Å². The monoisotopic (exact) mass is 255 g/mol. The van der Waals surface area contributed by atoms with Crippen LogP contribution in [0.2, 0.25) is 0 Å².